The Bertz CT molecular complexity index is 203. The highest BCUT2D eigenvalue weighted by atomic mass is 16.3. The van der Waals surface area contributed by atoms with E-state index in [1.165, 1.54) is 25.7 Å². The first-order chi connectivity index (χ1) is 7.22. The number of rotatable bonds is 2. The summed E-state index contributed by atoms with van der Waals surface area (Å²) < 4.78 is 0. The first-order valence-corrected chi connectivity index (χ1v) is 6.02. The molecule has 4 heteroatoms. The standard InChI is InChI=1S/C11H22N2O2/c12-5-8-3-1-2-4-9(8)13-6-10(14)11(15)7-13/h8-11,14-15H,1-7,12H2. The topological polar surface area (TPSA) is 69.7 Å². The molecule has 1 aliphatic heterocycles. The van der Waals surface area contributed by atoms with E-state index >= 15 is 0 Å². The van der Waals surface area contributed by atoms with E-state index < -0.39 is 12.2 Å². The second-order valence-electron chi connectivity index (χ2n) is 4.94. The molecule has 1 saturated heterocycles. The number of aliphatic hydroxyl groups is 2. The van der Waals surface area contributed by atoms with E-state index in [2.05, 4.69) is 4.90 Å². The van der Waals surface area contributed by atoms with Gasteiger partial charge in [0.25, 0.3) is 0 Å². The number of nitrogens with zero attached hydrogens (tertiary/aromatic N) is 1. The summed E-state index contributed by atoms with van der Waals surface area (Å²) in [5.74, 6) is 0.552. The molecule has 0 spiro atoms. The van der Waals surface area contributed by atoms with Crippen LogP contribution in [0.5, 0.6) is 0 Å². The van der Waals surface area contributed by atoms with E-state index in [1.54, 1.807) is 0 Å². The average molecular weight is 214 g/mol. The van der Waals surface area contributed by atoms with Gasteiger partial charge >= 0.3 is 0 Å². The minimum Gasteiger partial charge on any atom is -0.389 e. The van der Waals surface area contributed by atoms with Crippen LogP contribution in [-0.4, -0.2) is 53.0 Å². The third-order valence-corrected chi connectivity index (χ3v) is 3.93. The molecule has 0 radical (unpaired) electrons. The lowest BCUT2D eigenvalue weighted by Gasteiger charge is -2.37. The maximum atomic E-state index is 9.53. The summed E-state index contributed by atoms with van der Waals surface area (Å²) in [6.45, 7) is 1.96. The summed E-state index contributed by atoms with van der Waals surface area (Å²) in [5, 5.41) is 19.1. The largest absolute Gasteiger partial charge is 0.389 e. The van der Waals surface area contributed by atoms with E-state index in [9.17, 15) is 10.2 Å². The normalized spacial score (nSPS) is 43.4. The van der Waals surface area contributed by atoms with Gasteiger partial charge in [0.1, 0.15) is 0 Å². The molecule has 0 amide bonds. The third kappa shape index (κ3) is 2.33. The Hall–Kier alpha value is -0.160. The smallest absolute Gasteiger partial charge is 0.0938 e. The third-order valence-electron chi connectivity index (χ3n) is 3.93. The monoisotopic (exact) mass is 214 g/mol. The highest BCUT2D eigenvalue weighted by Crippen LogP contribution is 2.30. The number of nitrogens with two attached hydrogens (primary N) is 1. The number of hydrogen-bond donors (Lipinski definition) is 3. The fourth-order valence-corrected chi connectivity index (χ4v) is 3.01. The van der Waals surface area contributed by atoms with Crippen LogP contribution in [0.15, 0.2) is 0 Å². The van der Waals surface area contributed by atoms with Crippen molar-refractivity contribution in [1.82, 2.24) is 4.90 Å². The van der Waals surface area contributed by atoms with Crippen LogP contribution in [0.1, 0.15) is 25.7 Å². The Balaban J connectivity index is 1.96. The molecule has 1 aliphatic carbocycles. The van der Waals surface area contributed by atoms with Gasteiger partial charge < -0.3 is 15.9 Å². The van der Waals surface area contributed by atoms with Crippen molar-refractivity contribution in [2.24, 2.45) is 11.7 Å². The molecular formula is C11H22N2O2. The van der Waals surface area contributed by atoms with E-state index in [1.807, 2.05) is 0 Å². The van der Waals surface area contributed by atoms with Gasteiger partial charge in [-0.2, -0.15) is 0 Å². The van der Waals surface area contributed by atoms with Gasteiger partial charge in [-0.25, -0.2) is 0 Å². The van der Waals surface area contributed by atoms with E-state index in [0.29, 0.717) is 25.0 Å². The Morgan fingerprint density at radius 3 is 2.27 bits per heavy atom. The first kappa shape index (κ1) is 11.3. The lowest BCUT2D eigenvalue weighted by Crippen LogP contribution is -2.44. The SMILES string of the molecule is NCC1CCCCC1N1CC(O)C(O)C1. The molecular weight excluding hydrogens is 192 g/mol. The zero-order valence-electron chi connectivity index (χ0n) is 9.18. The Morgan fingerprint density at radius 2 is 1.67 bits per heavy atom. The van der Waals surface area contributed by atoms with Crippen LogP contribution in [-0.2, 0) is 0 Å². The minimum absolute atomic E-state index is 0.482. The molecule has 1 heterocycles. The highest BCUT2D eigenvalue weighted by Gasteiger charge is 2.37. The van der Waals surface area contributed by atoms with E-state index in [-0.39, 0.29) is 0 Å². The molecule has 4 unspecified atom stereocenters. The van der Waals surface area contributed by atoms with Crippen molar-refractivity contribution in [2.75, 3.05) is 19.6 Å². The number of β-amino-alcohol motifs (C(OH)–C–C–N with tert-alkyl or cyclic N) is 2. The van der Waals surface area contributed by atoms with Gasteiger partial charge in [-0.05, 0) is 25.3 Å². The van der Waals surface area contributed by atoms with Crippen LogP contribution in [0.3, 0.4) is 0 Å². The van der Waals surface area contributed by atoms with E-state index in [0.717, 1.165) is 6.54 Å². The molecule has 0 aromatic rings. The number of aliphatic hydroxyl groups excluding tert-OH is 2. The molecule has 0 aromatic carbocycles. The molecule has 4 N–H and O–H groups in total. The molecule has 4 nitrogen and oxygen atoms in total. The van der Waals surface area contributed by atoms with Crippen LogP contribution in [0.2, 0.25) is 0 Å². The fourth-order valence-electron chi connectivity index (χ4n) is 3.01. The second kappa shape index (κ2) is 4.78. The van der Waals surface area contributed by atoms with Gasteiger partial charge in [0, 0.05) is 19.1 Å². The Labute approximate surface area is 91.1 Å². The van der Waals surface area contributed by atoms with Gasteiger partial charge in [-0.3, -0.25) is 4.90 Å². The molecule has 4 atom stereocenters. The zero-order chi connectivity index (χ0) is 10.8. The molecule has 1 saturated carbocycles. The minimum atomic E-state index is -0.564. The van der Waals surface area contributed by atoms with Crippen molar-refractivity contribution in [3.63, 3.8) is 0 Å². The quantitative estimate of drug-likeness (QED) is 0.582. The van der Waals surface area contributed by atoms with Gasteiger partial charge in [0.15, 0.2) is 0 Å². The molecule has 88 valence electrons. The van der Waals surface area contributed by atoms with Crippen molar-refractivity contribution < 1.29 is 10.2 Å². The van der Waals surface area contributed by atoms with Crippen molar-refractivity contribution in [2.45, 2.75) is 43.9 Å². The van der Waals surface area contributed by atoms with Gasteiger partial charge in [0.05, 0.1) is 12.2 Å². The molecule has 2 rings (SSSR count). The molecule has 0 aromatic heterocycles. The number of hydrogen-bond acceptors (Lipinski definition) is 4. The van der Waals surface area contributed by atoms with Crippen molar-refractivity contribution in [3.05, 3.63) is 0 Å². The summed E-state index contributed by atoms with van der Waals surface area (Å²) in [6.07, 6.45) is 3.77. The molecule has 15 heavy (non-hydrogen) atoms. The van der Waals surface area contributed by atoms with Gasteiger partial charge in [-0.1, -0.05) is 12.8 Å². The summed E-state index contributed by atoms with van der Waals surface area (Å²) in [5.41, 5.74) is 5.78. The highest BCUT2D eigenvalue weighted by molar-refractivity contribution is 4.91. The van der Waals surface area contributed by atoms with Crippen LogP contribution >= 0.6 is 0 Å². The predicted molar refractivity (Wildman–Crippen MR) is 58.4 cm³/mol. The van der Waals surface area contributed by atoms with Crippen LogP contribution < -0.4 is 5.73 Å². The molecule has 2 fully saturated rings. The number of likely N-dealkylation sites (tertiary alicyclic amines) is 1. The Morgan fingerprint density at radius 1 is 1.07 bits per heavy atom. The summed E-state index contributed by atoms with van der Waals surface area (Å²) in [7, 11) is 0. The van der Waals surface area contributed by atoms with Crippen molar-refractivity contribution in [1.29, 1.82) is 0 Å². The van der Waals surface area contributed by atoms with Gasteiger partial charge in [0.2, 0.25) is 0 Å². The summed E-state index contributed by atoms with van der Waals surface area (Å²) in [4.78, 5) is 2.23. The zero-order valence-corrected chi connectivity index (χ0v) is 9.18. The molecule has 2 aliphatic rings. The first-order valence-electron chi connectivity index (χ1n) is 6.02. The lowest BCUT2D eigenvalue weighted by atomic mass is 9.84. The van der Waals surface area contributed by atoms with Crippen molar-refractivity contribution in [3.8, 4) is 0 Å². The maximum Gasteiger partial charge on any atom is 0.0938 e. The van der Waals surface area contributed by atoms with Crippen LogP contribution in [0.25, 0.3) is 0 Å². The maximum absolute atomic E-state index is 9.53. The Kier molecular flexibility index (Phi) is 3.61. The predicted octanol–water partition coefficient (Wildman–Crippen LogP) is -0.459. The van der Waals surface area contributed by atoms with Crippen molar-refractivity contribution >= 4 is 0 Å². The summed E-state index contributed by atoms with van der Waals surface area (Å²) >= 11 is 0. The van der Waals surface area contributed by atoms with Gasteiger partial charge in [-0.15, -0.1) is 0 Å². The van der Waals surface area contributed by atoms with Crippen LogP contribution in [0.4, 0.5) is 0 Å². The lowest BCUT2D eigenvalue weighted by molar-refractivity contribution is 0.0572. The fraction of sp³-hybridized carbons (Fsp3) is 1.00. The summed E-state index contributed by atoms with van der Waals surface area (Å²) in [6, 6.07) is 0.482. The van der Waals surface area contributed by atoms with Crippen LogP contribution in [0, 0.1) is 5.92 Å². The second-order valence-corrected chi connectivity index (χ2v) is 4.94. The van der Waals surface area contributed by atoms with E-state index in [4.69, 9.17) is 5.73 Å². The average Bonchev–Trinajstić information content (AvgIpc) is 2.59. The molecule has 0 bridgehead atoms.